The Balaban J connectivity index is 1.96. The van der Waals surface area contributed by atoms with E-state index < -0.39 is 0 Å². The Morgan fingerprint density at radius 3 is 3.06 bits per heavy atom. The second-order valence-electron chi connectivity index (χ2n) is 4.90. The summed E-state index contributed by atoms with van der Waals surface area (Å²) in [6.45, 7) is 1.92. The van der Waals surface area contributed by atoms with Crippen molar-refractivity contribution in [3.05, 3.63) is 23.8 Å². The van der Waals surface area contributed by atoms with Crippen LogP contribution in [0.2, 0.25) is 0 Å². The molecule has 2 aliphatic rings. The standard InChI is InChI=1S/C13H18N2O/c14-8-10-5-6-15-12-4-2-11(16)7-9(12)1-3-13(10)15/h2,4,7,10,13,16H,1,3,5-6,8,14H2. The van der Waals surface area contributed by atoms with Gasteiger partial charge in [0, 0.05) is 18.3 Å². The van der Waals surface area contributed by atoms with E-state index >= 15 is 0 Å². The summed E-state index contributed by atoms with van der Waals surface area (Å²) >= 11 is 0. The monoisotopic (exact) mass is 218 g/mol. The minimum absolute atomic E-state index is 0.381. The summed E-state index contributed by atoms with van der Waals surface area (Å²) in [5.41, 5.74) is 8.41. The van der Waals surface area contributed by atoms with E-state index in [1.54, 1.807) is 6.07 Å². The zero-order valence-corrected chi connectivity index (χ0v) is 9.39. The molecule has 3 N–H and O–H groups in total. The number of phenolic OH excluding ortho intramolecular Hbond substituents is 1. The molecule has 1 aromatic carbocycles. The third-order valence-corrected chi connectivity index (χ3v) is 4.07. The minimum Gasteiger partial charge on any atom is -0.508 e. The van der Waals surface area contributed by atoms with E-state index in [2.05, 4.69) is 11.0 Å². The highest BCUT2D eigenvalue weighted by atomic mass is 16.3. The van der Waals surface area contributed by atoms with Crippen LogP contribution in [0.15, 0.2) is 18.2 Å². The van der Waals surface area contributed by atoms with Crippen molar-refractivity contribution < 1.29 is 5.11 Å². The molecule has 0 aliphatic carbocycles. The first-order chi connectivity index (χ1) is 7.79. The molecule has 3 rings (SSSR count). The molecule has 1 fully saturated rings. The molecule has 0 amide bonds. The van der Waals surface area contributed by atoms with Crippen LogP contribution in [-0.2, 0) is 6.42 Å². The fourth-order valence-corrected chi connectivity index (χ4v) is 3.24. The lowest BCUT2D eigenvalue weighted by atomic mass is 9.90. The smallest absolute Gasteiger partial charge is 0.116 e. The van der Waals surface area contributed by atoms with Crippen molar-refractivity contribution in [1.29, 1.82) is 0 Å². The maximum Gasteiger partial charge on any atom is 0.116 e. The van der Waals surface area contributed by atoms with Gasteiger partial charge in [0.1, 0.15) is 5.75 Å². The van der Waals surface area contributed by atoms with Crippen molar-refractivity contribution in [2.45, 2.75) is 25.3 Å². The van der Waals surface area contributed by atoms with E-state index in [4.69, 9.17) is 5.73 Å². The molecule has 1 aromatic rings. The molecule has 2 aliphatic heterocycles. The van der Waals surface area contributed by atoms with Crippen LogP contribution in [0.3, 0.4) is 0 Å². The van der Waals surface area contributed by atoms with Crippen LogP contribution in [-0.4, -0.2) is 24.2 Å². The zero-order chi connectivity index (χ0) is 11.1. The third-order valence-electron chi connectivity index (χ3n) is 4.07. The number of fused-ring (bicyclic) bond motifs is 3. The summed E-state index contributed by atoms with van der Waals surface area (Å²) in [5.74, 6) is 1.04. The molecule has 2 heterocycles. The first-order valence-corrected chi connectivity index (χ1v) is 6.08. The fourth-order valence-electron chi connectivity index (χ4n) is 3.24. The van der Waals surface area contributed by atoms with Gasteiger partial charge in [-0.25, -0.2) is 0 Å². The lowest BCUT2D eigenvalue weighted by Crippen LogP contribution is -2.38. The van der Waals surface area contributed by atoms with Crippen LogP contribution >= 0.6 is 0 Å². The fraction of sp³-hybridized carbons (Fsp3) is 0.538. The lowest BCUT2D eigenvalue weighted by Gasteiger charge is -2.35. The first kappa shape index (κ1) is 9.97. The molecule has 3 heteroatoms. The zero-order valence-electron chi connectivity index (χ0n) is 9.39. The molecular formula is C13H18N2O. The van der Waals surface area contributed by atoms with Crippen molar-refractivity contribution >= 4 is 5.69 Å². The van der Waals surface area contributed by atoms with Gasteiger partial charge in [-0.15, -0.1) is 0 Å². The van der Waals surface area contributed by atoms with Crippen LogP contribution in [0.5, 0.6) is 5.75 Å². The van der Waals surface area contributed by atoms with E-state index in [0.29, 0.717) is 17.7 Å². The van der Waals surface area contributed by atoms with Crippen molar-refractivity contribution in [2.24, 2.45) is 11.7 Å². The number of benzene rings is 1. The average molecular weight is 218 g/mol. The molecule has 2 unspecified atom stereocenters. The Kier molecular flexibility index (Phi) is 2.28. The van der Waals surface area contributed by atoms with Gasteiger partial charge in [-0.1, -0.05) is 0 Å². The van der Waals surface area contributed by atoms with Gasteiger partial charge in [0.15, 0.2) is 0 Å². The normalized spacial score (nSPS) is 27.7. The summed E-state index contributed by atoms with van der Waals surface area (Å²) in [6.07, 6.45) is 3.46. The van der Waals surface area contributed by atoms with Gasteiger partial charge in [0.05, 0.1) is 0 Å². The third kappa shape index (κ3) is 1.39. The molecule has 0 radical (unpaired) electrons. The number of hydrogen-bond donors (Lipinski definition) is 2. The van der Waals surface area contributed by atoms with Gasteiger partial charge < -0.3 is 15.7 Å². The van der Waals surface area contributed by atoms with E-state index in [0.717, 1.165) is 19.5 Å². The maximum atomic E-state index is 9.49. The van der Waals surface area contributed by atoms with Crippen LogP contribution in [0.25, 0.3) is 0 Å². The Morgan fingerprint density at radius 2 is 2.25 bits per heavy atom. The Bertz CT molecular complexity index is 405. The number of aromatic hydroxyl groups is 1. The summed E-state index contributed by atoms with van der Waals surface area (Å²) in [7, 11) is 0. The quantitative estimate of drug-likeness (QED) is 0.751. The van der Waals surface area contributed by atoms with Gasteiger partial charge in [-0.05, 0) is 55.5 Å². The number of anilines is 1. The number of rotatable bonds is 1. The van der Waals surface area contributed by atoms with E-state index in [1.165, 1.54) is 24.1 Å². The van der Waals surface area contributed by atoms with Crippen LogP contribution < -0.4 is 10.6 Å². The highest BCUT2D eigenvalue weighted by Crippen LogP contribution is 2.39. The van der Waals surface area contributed by atoms with E-state index in [9.17, 15) is 5.11 Å². The van der Waals surface area contributed by atoms with E-state index in [-0.39, 0.29) is 0 Å². The van der Waals surface area contributed by atoms with Gasteiger partial charge in [0.2, 0.25) is 0 Å². The molecule has 86 valence electrons. The molecular weight excluding hydrogens is 200 g/mol. The second kappa shape index (κ2) is 3.67. The summed E-state index contributed by atoms with van der Waals surface area (Å²) in [5, 5.41) is 9.49. The molecule has 3 nitrogen and oxygen atoms in total. The summed E-state index contributed by atoms with van der Waals surface area (Å²) < 4.78 is 0. The van der Waals surface area contributed by atoms with E-state index in [1.807, 2.05) is 6.07 Å². The predicted molar refractivity (Wildman–Crippen MR) is 64.7 cm³/mol. The molecule has 2 atom stereocenters. The number of nitrogens with two attached hydrogens (primary N) is 1. The highest BCUT2D eigenvalue weighted by Gasteiger charge is 2.36. The molecule has 1 saturated heterocycles. The molecule has 0 spiro atoms. The first-order valence-electron chi connectivity index (χ1n) is 6.08. The number of aryl methyl sites for hydroxylation is 1. The van der Waals surface area contributed by atoms with Crippen LogP contribution in [0, 0.1) is 5.92 Å². The molecule has 16 heavy (non-hydrogen) atoms. The van der Waals surface area contributed by atoms with Crippen molar-refractivity contribution in [1.82, 2.24) is 0 Å². The number of nitrogens with zero attached hydrogens (tertiary/aromatic N) is 1. The maximum absolute atomic E-state index is 9.49. The highest BCUT2D eigenvalue weighted by molar-refractivity contribution is 5.59. The number of hydrogen-bond acceptors (Lipinski definition) is 3. The Morgan fingerprint density at radius 1 is 1.38 bits per heavy atom. The SMILES string of the molecule is NCC1CCN2c3ccc(O)cc3CCC12. The molecule has 0 aromatic heterocycles. The Labute approximate surface area is 95.9 Å². The largest absolute Gasteiger partial charge is 0.508 e. The van der Waals surface area contributed by atoms with Gasteiger partial charge in [0.25, 0.3) is 0 Å². The molecule has 0 saturated carbocycles. The van der Waals surface area contributed by atoms with Crippen molar-refractivity contribution in [3.63, 3.8) is 0 Å². The Hall–Kier alpha value is -1.22. The van der Waals surface area contributed by atoms with Gasteiger partial charge in [-0.3, -0.25) is 0 Å². The van der Waals surface area contributed by atoms with Crippen molar-refractivity contribution in [2.75, 3.05) is 18.0 Å². The molecule has 0 bridgehead atoms. The van der Waals surface area contributed by atoms with Crippen LogP contribution in [0.1, 0.15) is 18.4 Å². The van der Waals surface area contributed by atoms with Gasteiger partial charge in [-0.2, -0.15) is 0 Å². The van der Waals surface area contributed by atoms with Crippen molar-refractivity contribution in [3.8, 4) is 5.75 Å². The van der Waals surface area contributed by atoms with Crippen LogP contribution in [0.4, 0.5) is 5.69 Å². The minimum atomic E-state index is 0.381. The number of phenols is 1. The van der Waals surface area contributed by atoms with Gasteiger partial charge >= 0.3 is 0 Å². The predicted octanol–water partition coefficient (Wildman–Crippen LogP) is 1.49. The lowest BCUT2D eigenvalue weighted by molar-refractivity contribution is 0.443. The second-order valence-corrected chi connectivity index (χ2v) is 4.90. The summed E-state index contributed by atoms with van der Waals surface area (Å²) in [4.78, 5) is 2.48. The summed E-state index contributed by atoms with van der Waals surface area (Å²) in [6, 6.07) is 6.37. The topological polar surface area (TPSA) is 49.5 Å². The average Bonchev–Trinajstić information content (AvgIpc) is 2.71.